The smallest absolute Gasteiger partial charge is 0.255 e. The number of aromatic hydroxyl groups is 1. The number of benzene rings is 2. The van der Waals surface area contributed by atoms with E-state index in [1.54, 1.807) is 6.07 Å². The number of phenolic OH excluding ortho intramolecular Hbond substituents is 1. The van der Waals surface area contributed by atoms with E-state index in [2.05, 4.69) is 17.6 Å². The van der Waals surface area contributed by atoms with Crippen LogP contribution in [0.2, 0.25) is 0 Å². The van der Waals surface area contributed by atoms with Crippen LogP contribution < -0.4 is 20.1 Å². The van der Waals surface area contributed by atoms with Gasteiger partial charge in [0, 0.05) is 18.6 Å². The number of halogens is 1. The first kappa shape index (κ1) is 24.8. The molecule has 0 saturated carbocycles. The largest absolute Gasteiger partial charge is 0.507 e. The average molecular weight is 451 g/mol. The number of rotatable bonds is 9. The van der Waals surface area contributed by atoms with Gasteiger partial charge < -0.3 is 30.3 Å². The van der Waals surface area contributed by atoms with Gasteiger partial charge in [-0.2, -0.15) is 0 Å². The molecule has 8 heteroatoms. The monoisotopic (exact) mass is 450 g/mol. The third kappa shape index (κ3) is 6.75. The van der Waals surface area contributed by atoms with Crippen molar-refractivity contribution in [1.82, 2.24) is 10.6 Å². The van der Waals surface area contributed by atoms with Gasteiger partial charge in [0.1, 0.15) is 5.75 Å². The fraction of sp³-hybridized carbons (Fsp3) is 0.435. The standard InChI is InChI=1S/C23H30N2O5.ClH/c1-14(2)25-23(28)18-11-17(7-8-19(18)26)20(27)12-24-15(3)4-5-16-6-9-21-22(10-16)30-13-29-21;/h6-11,14-15,20,24,26-27H,4-5,12-13H2,1-3H3,(H,25,28);1H. The van der Waals surface area contributed by atoms with E-state index in [0.717, 1.165) is 24.3 Å². The Morgan fingerprint density at radius 2 is 1.84 bits per heavy atom. The van der Waals surface area contributed by atoms with E-state index in [9.17, 15) is 15.0 Å². The Bertz CT molecular complexity index is 890. The SMILES string of the molecule is CC(C)NC(=O)c1cc(C(O)CNC(C)CCc2ccc3c(c2)OCO3)ccc1O.Cl. The molecule has 3 rings (SSSR count). The van der Waals surface area contributed by atoms with E-state index in [1.807, 2.05) is 32.0 Å². The quantitative estimate of drug-likeness (QED) is 0.467. The summed E-state index contributed by atoms with van der Waals surface area (Å²) in [6, 6.07) is 10.7. The number of phenols is 1. The molecule has 0 radical (unpaired) electrons. The summed E-state index contributed by atoms with van der Waals surface area (Å²) in [5.41, 5.74) is 1.92. The number of carbonyl (C=O) groups is 1. The minimum Gasteiger partial charge on any atom is -0.507 e. The number of carbonyl (C=O) groups excluding carboxylic acids is 1. The highest BCUT2D eigenvalue weighted by Gasteiger charge is 2.17. The second-order valence-corrected chi connectivity index (χ2v) is 7.96. The number of fused-ring (bicyclic) bond motifs is 1. The van der Waals surface area contributed by atoms with E-state index in [-0.39, 0.29) is 48.5 Å². The van der Waals surface area contributed by atoms with Crippen LogP contribution in [0.3, 0.4) is 0 Å². The maximum Gasteiger partial charge on any atom is 0.255 e. The van der Waals surface area contributed by atoms with Gasteiger partial charge >= 0.3 is 0 Å². The predicted octanol–water partition coefficient (Wildman–Crippen LogP) is 3.33. The summed E-state index contributed by atoms with van der Waals surface area (Å²) >= 11 is 0. The maximum absolute atomic E-state index is 12.2. The van der Waals surface area contributed by atoms with Gasteiger partial charge in [-0.1, -0.05) is 12.1 Å². The Morgan fingerprint density at radius 3 is 2.58 bits per heavy atom. The molecule has 0 saturated heterocycles. The number of hydrogen-bond donors (Lipinski definition) is 4. The highest BCUT2D eigenvalue weighted by atomic mass is 35.5. The van der Waals surface area contributed by atoms with E-state index in [0.29, 0.717) is 12.1 Å². The number of aryl methyl sites for hydroxylation is 1. The van der Waals surface area contributed by atoms with Crippen molar-refractivity contribution >= 4 is 18.3 Å². The van der Waals surface area contributed by atoms with Crippen LogP contribution in [0.4, 0.5) is 0 Å². The first-order valence-corrected chi connectivity index (χ1v) is 10.3. The molecule has 0 aromatic heterocycles. The zero-order valence-electron chi connectivity index (χ0n) is 18.1. The molecule has 1 amide bonds. The second kappa shape index (κ2) is 11.2. The van der Waals surface area contributed by atoms with E-state index in [4.69, 9.17) is 9.47 Å². The van der Waals surface area contributed by atoms with Crippen LogP contribution in [0.25, 0.3) is 0 Å². The lowest BCUT2D eigenvalue weighted by atomic mass is 10.0. The van der Waals surface area contributed by atoms with E-state index >= 15 is 0 Å². The zero-order valence-corrected chi connectivity index (χ0v) is 18.9. The van der Waals surface area contributed by atoms with Crippen LogP contribution in [0.5, 0.6) is 17.2 Å². The fourth-order valence-electron chi connectivity index (χ4n) is 3.30. The number of hydrogen-bond acceptors (Lipinski definition) is 6. The van der Waals surface area contributed by atoms with Crippen molar-refractivity contribution < 1.29 is 24.5 Å². The molecule has 4 N–H and O–H groups in total. The summed E-state index contributed by atoms with van der Waals surface area (Å²) < 4.78 is 10.7. The van der Waals surface area contributed by atoms with Crippen molar-refractivity contribution in [3.63, 3.8) is 0 Å². The Balaban J connectivity index is 0.00000341. The van der Waals surface area contributed by atoms with Crippen LogP contribution in [0, 0.1) is 0 Å². The first-order chi connectivity index (χ1) is 14.3. The molecule has 1 aliphatic heterocycles. The molecule has 31 heavy (non-hydrogen) atoms. The lowest BCUT2D eigenvalue weighted by Gasteiger charge is -2.18. The van der Waals surface area contributed by atoms with E-state index in [1.165, 1.54) is 17.7 Å². The van der Waals surface area contributed by atoms with Gasteiger partial charge in [-0.3, -0.25) is 4.79 Å². The normalized spacial score (nSPS) is 14.1. The van der Waals surface area contributed by atoms with Crippen molar-refractivity contribution in [3.05, 3.63) is 53.1 Å². The molecular formula is C23H31ClN2O5. The molecule has 2 aromatic carbocycles. The summed E-state index contributed by atoms with van der Waals surface area (Å²) in [6.45, 7) is 6.38. The topological polar surface area (TPSA) is 100 Å². The summed E-state index contributed by atoms with van der Waals surface area (Å²) in [5.74, 6) is 1.10. The average Bonchev–Trinajstić information content (AvgIpc) is 3.18. The number of amides is 1. The molecule has 0 bridgehead atoms. The van der Waals surface area contributed by atoms with Crippen LogP contribution in [-0.2, 0) is 6.42 Å². The molecule has 2 unspecified atom stereocenters. The van der Waals surface area contributed by atoms with Crippen molar-refractivity contribution in [3.8, 4) is 17.2 Å². The summed E-state index contributed by atoms with van der Waals surface area (Å²) in [5, 5.41) is 26.6. The molecule has 0 spiro atoms. The number of aliphatic hydroxyl groups is 1. The Hall–Kier alpha value is -2.48. The van der Waals surface area contributed by atoms with Crippen molar-refractivity contribution in [2.45, 2.75) is 51.8 Å². The van der Waals surface area contributed by atoms with Gasteiger partial charge in [0.25, 0.3) is 5.91 Å². The van der Waals surface area contributed by atoms with Gasteiger partial charge in [-0.05, 0) is 69.0 Å². The minimum atomic E-state index is -0.788. The number of ether oxygens (including phenoxy) is 2. The predicted molar refractivity (Wildman–Crippen MR) is 121 cm³/mol. The highest BCUT2D eigenvalue weighted by molar-refractivity contribution is 5.97. The lowest BCUT2D eigenvalue weighted by Crippen LogP contribution is -2.31. The Morgan fingerprint density at radius 1 is 1.10 bits per heavy atom. The van der Waals surface area contributed by atoms with Gasteiger partial charge in [0.15, 0.2) is 11.5 Å². The lowest BCUT2D eigenvalue weighted by molar-refractivity contribution is 0.0940. The number of nitrogens with one attached hydrogen (secondary N) is 2. The molecule has 0 fully saturated rings. The van der Waals surface area contributed by atoms with Gasteiger partial charge in [0.05, 0.1) is 11.7 Å². The fourth-order valence-corrected chi connectivity index (χ4v) is 3.30. The maximum atomic E-state index is 12.2. The Labute approximate surface area is 189 Å². The second-order valence-electron chi connectivity index (χ2n) is 7.96. The van der Waals surface area contributed by atoms with E-state index < -0.39 is 6.10 Å². The third-order valence-electron chi connectivity index (χ3n) is 5.03. The molecule has 1 aliphatic rings. The molecule has 0 aliphatic carbocycles. The van der Waals surface area contributed by atoms with Crippen LogP contribution in [-0.4, -0.2) is 41.5 Å². The molecule has 2 atom stereocenters. The number of aliphatic hydroxyl groups excluding tert-OH is 1. The summed E-state index contributed by atoms with van der Waals surface area (Å²) in [4.78, 5) is 12.2. The molecule has 2 aromatic rings. The molecule has 7 nitrogen and oxygen atoms in total. The zero-order chi connectivity index (χ0) is 21.7. The van der Waals surface area contributed by atoms with Gasteiger partial charge in [-0.25, -0.2) is 0 Å². The first-order valence-electron chi connectivity index (χ1n) is 10.3. The molecular weight excluding hydrogens is 420 g/mol. The molecule has 170 valence electrons. The van der Waals surface area contributed by atoms with Crippen LogP contribution >= 0.6 is 12.4 Å². The van der Waals surface area contributed by atoms with Crippen LogP contribution in [0.15, 0.2) is 36.4 Å². The van der Waals surface area contributed by atoms with Crippen molar-refractivity contribution in [1.29, 1.82) is 0 Å². The highest BCUT2D eigenvalue weighted by Crippen LogP contribution is 2.32. The van der Waals surface area contributed by atoms with Gasteiger partial charge in [0.2, 0.25) is 6.79 Å². The summed E-state index contributed by atoms with van der Waals surface area (Å²) in [7, 11) is 0. The molecule has 1 heterocycles. The summed E-state index contributed by atoms with van der Waals surface area (Å²) in [6.07, 6.45) is 0.980. The third-order valence-corrected chi connectivity index (χ3v) is 5.03. The van der Waals surface area contributed by atoms with Crippen molar-refractivity contribution in [2.24, 2.45) is 0 Å². The minimum absolute atomic E-state index is 0. The van der Waals surface area contributed by atoms with Crippen molar-refractivity contribution in [2.75, 3.05) is 13.3 Å². The van der Waals surface area contributed by atoms with Crippen LogP contribution in [0.1, 0.15) is 54.8 Å². The van der Waals surface area contributed by atoms with Gasteiger partial charge in [-0.15, -0.1) is 12.4 Å². The Kier molecular flexibility index (Phi) is 8.98.